The average molecular weight is 561 g/mol. The molecule has 0 saturated carbocycles. The molecule has 4 heterocycles. The molecule has 0 bridgehead atoms. The summed E-state index contributed by atoms with van der Waals surface area (Å²) in [5, 5.41) is 9.69. The van der Waals surface area contributed by atoms with Gasteiger partial charge in [0.15, 0.2) is 23.0 Å². The normalized spacial score (nSPS) is 13.8. The van der Waals surface area contributed by atoms with Crippen LogP contribution in [-0.2, 0) is 6.42 Å². The number of hydrogen-bond acceptors (Lipinski definition) is 8. The predicted octanol–water partition coefficient (Wildman–Crippen LogP) is 5.52. The summed E-state index contributed by atoms with van der Waals surface area (Å²) in [7, 11) is 4.92. The van der Waals surface area contributed by atoms with Gasteiger partial charge in [0.05, 0.1) is 49.8 Å². The summed E-state index contributed by atoms with van der Waals surface area (Å²) >= 11 is 0. The molecule has 3 aromatic carbocycles. The van der Waals surface area contributed by atoms with Crippen LogP contribution in [0.25, 0.3) is 11.3 Å². The second kappa shape index (κ2) is 10.2. The lowest BCUT2D eigenvalue weighted by atomic mass is 9.84. The van der Waals surface area contributed by atoms with Crippen LogP contribution in [0.15, 0.2) is 79.1 Å². The Balaban J connectivity index is 1.41. The zero-order valence-corrected chi connectivity index (χ0v) is 23.6. The number of rotatable bonds is 7. The highest BCUT2D eigenvalue weighted by molar-refractivity contribution is 5.67. The summed E-state index contributed by atoms with van der Waals surface area (Å²) < 4.78 is 26.8. The minimum atomic E-state index is -0.313. The van der Waals surface area contributed by atoms with Gasteiger partial charge in [-0.3, -0.25) is 0 Å². The highest BCUT2D eigenvalue weighted by Gasteiger charge is 2.39. The Morgan fingerprint density at radius 2 is 1.57 bits per heavy atom. The van der Waals surface area contributed by atoms with Crippen LogP contribution in [0.1, 0.15) is 39.7 Å². The van der Waals surface area contributed by atoms with E-state index < -0.39 is 0 Å². The van der Waals surface area contributed by atoms with Gasteiger partial charge in [0.25, 0.3) is 0 Å². The van der Waals surface area contributed by atoms with Crippen molar-refractivity contribution < 1.29 is 18.9 Å². The molecule has 0 radical (unpaired) electrons. The van der Waals surface area contributed by atoms with Gasteiger partial charge in [0.1, 0.15) is 12.1 Å². The Morgan fingerprint density at radius 3 is 2.36 bits per heavy atom. The Kier molecular flexibility index (Phi) is 6.23. The van der Waals surface area contributed by atoms with Crippen LogP contribution < -0.4 is 18.9 Å². The third-order valence-electron chi connectivity index (χ3n) is 7.52. The number of aromatic nitrogens is 6. The lowest BCUT2D eigenvalue weighted by molar-refractivity contribution is 0.354. The SMILES string of the molecule is COc1ccc(Cc2nc3c4c(ncn3n2)Oc2c(c(C)nn2-c2ccccc2)[C@H]4c2ccccc2OC)cc1OC. The molecule has 42 heavy (non-hydrogen) atoms. The monoisotopic (exact) mass is 560 g/mol. The van der Waals surface area contributed by atoms with Crippen LogP contribution in [0, 0.1) is 6.92 Å². The molecule has 0 amide bonds. The molecule has 210 valence electrons. The molecular weight excluding hydrogens is 532 g/mol. The average Bonchev–Trinajstić information content (AvgIpc) is 3.60. The first kappa shape index (κ1) is 25.6. The van der Waals surface area contributed by atoms with Crippen molar-refractivity contribution in [3.63, 3.8) is 0 Å². The number of benzene rings is 3. The molecule has 1 aliphatic heterocycles. The van der Waals surface area contributed by atoms with E-state index in [-0.39, 0.29) is 5.92 Å². The summed E-state index contributed by atoms with van der Waals surface area (Å²) in [5.74, 6) is 3.46. The van der Waals surface area contributed by atoms with Crippen LogP contribution in [0.2, 0.25) is 0 Å². The topological polar surface area (TPSA) is 97.8 Å². The molecule has 0 unspecified atom stereocenters. The van der Waals surface area contributed by atoms with E-state index in [0.717, 1.165) is 39.4 Å². The van der Waals surface area contributed by atoms with Crippen LogP contribution in [0.5, 0.6) is 29.0 Å². The van der Waals surface area contributed by atoms with Crippen molar-refractivity contribution in [2.24, 2.45) is 0 Å². The van der Waals surface area contributed by atoms with E-state index in [1.165, 1.54) is 0 Å². The molecule has 0 saturated heterocycles. The molecular formula is C32H28N6O4. The highest BCUT2D eigenvalue weighted by Crippen LogP contribution is 2.51. The summed E-state index contributed by atoms with van der Waals surface area (Å²) in [6, 6.07) is 23.7. The lowest BCUT2D eigenvalue weighted by Crippen LogP contribution is -2.16. The van der Waals surface area contributed by atoms with Crippen molar-refractivity contribution in [2.75, 3.05) is 21.3 Å². The summed E-state index contributed by atoms with van der Waals surface area (Å²) in [6.07, 6.45) is 2.13. The summed E-state index contributed by atoms with van der Waals surface area (Å²) in [4.78, 5) is 9.72. The summed E-state index contributed by atoms with van der Waals surface area (Å²) in [6.45, 7) is 1.99. The van der Waals surface area contributed by atoms with Crippen molar-refractivity contribution in [1.29, 1.82) is 0 Å². The minimum Gasteiger partial charge on any atom is -0.496 e. The molecule has 10 heteroatoms. The zero-order chi connectivity index (χ0) is 28.8. The first-order chi connectivity index (χ1) is 20.6. The van der Waals surface area contributed by atoms with Crippen molar-refractivity contribution in [3.05, 3.63) is 113 Å². The molecule has 1 atom stereocenters. The van der Waals surface area contributed by atoms with Gasteiger partial charge in [0.2, 0.25) is 11.8 Å². The number of fused-ring (bicyclic) bond motifs is 4. The van der Waals surface area contributed by atoms with E-state index in [0.29, 0.717) is 41.2 Å². The van der Waals surface area contributed by atoms with Crippen LogP contribution in [0.4, 0.5) is 0 Å². The second-order valence-electron chi connectivity index (χ2n) is 9.95. The standard InChI is InChI=1S/C32H28N6O4/c1-19-27-28(22-12-8-9-13-23(22)39-2)29-30-34-26(17-20-14-15-24(40-3)25(16-20)41-4)36-37(30)18-33-31(29)42-32(27)38(35-19)21-10-6-5-7-11-21/h5-16,18,28H,17H2,1-4H3/t28-/m1/s1. The van der Waals surface area contributed by atoms with Crippen molar-refractivity contribution >= 4 is 5.65 Å². The molecule has 6 aromatic rings. The quantitative estimate of drug-likeness (QED) is 0.251. The number of nitrogens with zero attached hydrogens (tertiary/aromatic N) is 6. The highest BCUT2D eigenvalue weighted by atomic mass is 16.5. The molecule has 10 nitrogen and oxygen atoms in total. The Labute approximate surface area is 242 Å². The van der Waals surface area contributed by atoms with Gasteiger partial charge in [-0.1, -0.05) is 42.5 Å². The van der Waals surface area contributed by atoms with Crippen molar-refractivity contribution in [2.45, 2.75) is 19.3 Å². The smallest absolute Gasteiger partial charge is 0.230 e. The first-order valence-electron chi connectivity index (χ1n) is 13.5. The van der Waals surface area contributed by atoms with Gasteiger partial charge in [-0.2, -0.15) is 5.10 Å². The van der Waals surface area contributed by atoms with Crippen LogP contribution in [-0.4, -0.2) is 50.7 Å². The van der Waals surface area contributed by atoms with Crippen molar-refractivity contribution in [3.8, 4) is 34.7 Å². The van der Waals surface area contributed by atoms with E-state index in [9.17, 15) is 0 Å². The van der Waals surface area contributed by atoms with E-state index in [1.807, 2.05) is 78.3 Å². The van der Waals surface area contributed by atoms with E-state index >= 15 is 0 Å². The van der Waals surface area contributed by atoms with E-state index in [4.69, 9.17) is 39.1 Å². The lowest BCUT2D eigenvalue weighted by Gasteiger charge is -2.27. The van der Waals surface area contributed by atoms with E-state index in [1.54, 1.807) is 32.2 Å². The zero-order valence-electron chi connectivity index (χ0n) is 23.6. The number of aryl methyl sites for hydroxylation is 1. The molecule has 0 N–H and O–H groups in total. The fraction of sp³-hybridized carbons (Fsp3) is 0.188. The van der Waals surface area contributed by atoms with Gasteiger partial charge in [-0.25, -0.2) is 19.2 Å². The predicted molar refractivity (Wildman–Crippen MR) is 155 cm³/mol. The molecule has 3 aromatic heterocycles. The Bertz CT molecular complexity index is 1930. The molecule has 0 spiro atoms. The van der Waals surface area contributed by atoms with Crippen molar-refractivity contribution in [1.82, 2.24) is 29.4 Å². The Morgan fingerprint density at radius 1 is 0.810 bits per heavy atom. The van der Waals surface area contributed by atoms with Gasteiger partial charge >= 0.3 is 0 Å². The third-order valence-corrected chi connectivity index (χ3v) is 7.52. The minimum absolute atomic E-state index is 0.313. The van der Waals surface area contributed by atoms with Gasteiger partial charge in [-0.05, 0) is 42.8 Å². The van der Waals surface area contributed by atoms with Crippen LogP contribution >= 0.6 is 0 Å². The number of para-hydroxylation sites is 2. The maximum atomic E-state index is 6.54. The van der Waals surface area contributed by atoms with E-state index in [2.05, 4.69) is 6.07 Å². The summed E-state index contributed by atoms with van der Waals surface area (Å²) in [5.41, 5.74) is 6.06. The number of ether oxygens (including phenoxy) is 4. The van der Waals surface area contributed by atoms with Gasteiger partial charge < -0.3 is 18.9 Å². The number of methoxy groups -OCH3 is 3. The maximum absolute atomic E-state index is 6.54. The molecule has 1 aliphatic rings. The number of hydrogen-bond donors (Lipinski definition) is 0. The second-order valence-corrected chi connectivity index (χ2v) is 9.95. The molecule has 7 rings (SSSR count). The first-order valence-corrected chi connectivity index (χ1v) is 13.5. The fourth-order valence-electron chi connectivity index (χ4n) is 5.63. The van der Waals surface area contributed by atoms with Gasteiger partial charge in [0, 0.05) is 12.0 Å². The Hall–Kier alpha value is -5.38. The molecule has 0 aliphatic carbocycles. The third kappa shape index (κ3) is 4.11. The van der Waals surface area contributed by atoms with Gasteiger partial charge in [-0.15, -0.1) is 5.10 Å². The maximum Gasteiger partial charge on any atom is 0.230 e. The largest absolute Gasteiger partial charge is 0.496 e. The van der Waals surface area contributed by atoms with Crippen LogP contribution in [0.3, 0.4) is 0 Å². The molecule has 0 fully saturated rings. The fourth-order valence-corrected chi connectivity index (χ4v) is 5.63.